The molecule has 1 amide bonds. The molecule has 4 nitrogen and oxygen atoms in total. The fourth-order valence-corrected chi connectivity index (χ4v) is 2.06. The van der Waals surface area contributed by atoms with Crippen molar-refractivity contribution in [1.29, 1.82) is 0 Å². The maximum atomic E-state index is 12.0. The van der Waals surface area contributed by atoms with Crippen molar-refractivity contribution < 1.29 is 9.90 Å². The molecule has 1 aliphatic heterocycles. The largest absolute Gasteiger partial charge is 0.395 e. The highest BCUT2D eigenvalue weighted by Gasteiger charge is 2.36. The van der Waals surface area contributed by atoms with Crippen molar-refractivity contribution in [2.24, 2.45) is 0 Å². The summed E-state index contributed by atoms with van der Waals surface area (Å²) in [6.07, 6.45) is 4.26. The van der Waals surface area contributed by atoms with E-state index in [1.165, 1.54) is 0 Å². The van der Waals surface area contributed by atoms with Crippen LogP contribution in [0.15, 0.2) is 0 Å². The Morgan fingerprint density at radius 3 is 2.71 bits per heavy atom. The third kappa shape index (κ3) is 2.07. The molecule has 0 bridgehead atoms. The molecule has 1 atom stereocenters. The highest BCUT2D eigenvalue weighted by Crippen LogP contribution is 2.27. The molecule has 0 radical (unpaired) electrons. The lowest BCUT2D eigenvalue weighted by atomic mass is 10.2. The molecule has 1 heterocycles. The molecule has 1 saturated carbocycles. The summed E-state index contributed by atoms with van der Waals surface area (Å²) in [5.74, 6) is 0.194. The zero-order chi connectivity index (χ0) is 9.97. The Morgan fingerprint density at radius 1 is 1.43 bits per heavy atom. The van der Waals surface area contributed by atoms with Gasteiger partial charge in [-0.1, -0.05) is 0 Å². The first-order chi connectivity index (χ1) is 6.83. The highest BCUT2D eigenvalue weighted by atomic mass is 16.3. The Kier molecular flexibility index (Phi) is 3.03. The van der Waals surface area contributed by atoms with Crippen LogP contribution < -0.4 is 5.32 Å². The number of aliphatic hydroxyl groups excluding tert-OH is 1. The molecular weight excluding hydrogens is 180 g/mol. The highest BCUT2D eigenvalue weighted by molar-refractivity contribution is 5.82. The molecule has 0 aromatic rings. The summed E-state index contributed by atoms with van der Waals surface area (Å²) in [5.41, 5.74) is 0. The zero-order valence-electron chi connectivity index (χ0n) is 8.41. The molecule has 0 unspecified atom stereocenters. The van der Waals surface area contributed by atoms with Crippen molar-refractivity contribution >= 4 is 5.91 Å². The molecular formula is C10H18N2O2. The predicted molar refractivity (Wildman–Crippen MR) is 52.8 cm³/mol. The third-order valence-corrected chi connectivity index (χ3v) is 2.97. The van der Waals surface area contributed by atoms with Crippen LogP contribution in [0.5, 0.6) is 0 Å². The monoisotopic (exact) mass is 198 g/mol. The van der Waals surface area contributed by atoms with Gasteiger partial charge in [0.15, 0.2) is 0 Å². The second-order valence-corrected chi connectivity index (χ2v) is 4.14. The van der Waals surface area contributed by atoms with Crippen molar-refractivity contribution in [1.82, 2.24) is 10.2 Å². The number of nitrogens with one attached hydrogen (secondary N) is 1. The maximum Gasteiger partial charge on any atom is 0.240 e. The van der Waals surface area contributed by atoms with Crippen LogP contribution in [0.3, 0.4) is 0 Å². The van der Waals surface area contributed by atoms with Crippen LogP contribution in [0.2, 0.25) is 0 Å². The predicted octanol–water partition coefficient (Wildman–Crippen LogP) is -0.278. The molecule has 1 saturated heterocycles. The quantitative estimate of drug-likeness (QED) is 0.653. The molecule has 4 heteroatoms. The zero-order valence-corrected chi connectivity index (χ0v) is 8.41. The molecule has 14 heavy (non-hydrogen) atoms. The van der Waals surface area contributed by atoms with Crippen molar-refractivity contribution in [2.45, 2.75) is 37.8 Å². The molecule has 2 aliphatic rings. The van der Waals surface area contributed by atoms with Crippen LogP contribution >= 0.6 is 0 Å². The van der Waals surface area contributed by atoms with E-state index in [9.17, 15) is 4.79 Å². The van der Waals surface area contributed by atoms with Gasteiger partial charge in [-0.05, 0) is 32.2 Å². The molecule has 2 rings (SSSR count). The van der Waals surface area contributed by atoms with Gasteiger partial charge >= 0.3 is 0 Å². The van der Waals surface area contributed by atoms with E-state index in [0.717, 1.165) is 32.2 Å². The van der Waals surface area contributed by atoms with Gasteiger partial charge in [0.1, 0.15) is 0 Å². The first-order valence-electron chi connectivity index (χ1n) is 5.47. The summed E-state index contributed by atoms with van der Waals surface area (Å²) in [6, 6.07) is 0.430. The minimum atomic E-state index is 0.0159. The first-order valence-corrected chi connectivity index (χ1v) is 5.47. The van der Waals surface area contributed by atoms with Crippen LogP contribution in [0, 0.1) is 0 Å². The molecule has 0 spiro atoms. The molecule has 1 aliphatic carbocycles. The van der Waals surface area contributed by atoms with E-state index >= 15 is 0 Å². The van der Waals surface area contributed by atoms with Gasteiger partial charge in [-0.15, -0.1) is 0 Å². The van der Waals surface area contributed by atoms with Gasteiger partial charge in [0.05, 0.1) is 12.6 Å². The summed E-state index contributed by atoms with van der Waals surface area (Å²) >= 11 is 0. The van der Waals surface area contributed by atoms with E-state index in [1.807, 2.05) is 4.90 Å². The molecule has 80 valence electrons. The van der Waals surface area contributed by atoms with Crippen LogP contribution in [0.25, 0.3) is 0 Å². The normalized spacial score (nSPS) is 26.5. The fourth-order valence-electron chi connectivity index (χ4n) is 2.06. The fraction of sp³-hybridized carbons (Fsp3) is 0.900. The smallest absolute Gasteiger partial charge is 0.240 e. The Bertz CT molecular complexity index is 210. The van der Waals surface area contributed by atoms with E-state index < -0.39 is 0 Å². The summed E-state index contributed by atoms with van der Waals surface area (Å²) < 4.78 is 0. The number of hydrogen-bond donors (Lipinski definition) is 2. The van der Waals surface area contributed by atoms with Gasteiger partial charge in [0.25, 0.3) is 0 Å². The summed E-state index contributed by atoms with van der Waals surface area (Å²) in [6.45, 7) is 1.53. The maximum absolute atomic E-state index is 12.0. The second kappa shape index (κ2) is 4.28. The van der Waals surface area contributed by atoms with Crippen molar-refractivity contribution in [2.75, 3.05) is 19.7 Å². The van der Waals surface area contributed by atoms with E-state index in [0.29, 0.717) is 12.6 Å². The molecule has 0 aromatic carbocycles. The molecule has 2 N–H and O–H groups in total. The summed E-state index contributed by atoms with van der Waals surface area (Å²) in [4.78, 5) is 13.8. The van der Waals surface area contributed by atoms with Crippen molar-refractivity contribution in [3.63, 3.8) is 0 Å². The van der Waals surface area contributed by atoms with Crippen LogP contribution in [-0.2, 0) is 4.79 Å². The minimum absolute atomic E-state index is 0.0159. The number of carbonyl (C=O) groups is 1. The first kappa shape index (κ1) is 9.93. The lowest BCUT2D eigenvalue weighted by Gasteiger charge is -2.24. The number of aliphatic hydroxyl groups is 1. The Balaban J connectivity index is 1.91. The average molecular weight is 198 g/mol. The van der Waals surface area contributed by atoms with Crippen LogP contribution in [0.4, 0.5) is 0 Å². The standard InChI is InChI=1S/C10H18N2O2/c13-7-6-12(8-3-4-8)10(14)9-2-1-5-11-9/h8-9,11,13H,1-7H2/t9-/m1/s1. The topological polar surface area (TPSA) is 52.6 Å². The van der Waals surface area contributed by atoms with Crippen LogP contribution in [-0.4, -0.2) is 47.7 Å². The Labute approximate surface area is 84.3 Å². The molecule has 0 aromatic heterocycles. The van der Waals surface area contributed by atoms with E-state index in [-0.39, 0.29) is 18.6 Å². The van der Waals surface area contributed by atoms with Crippen molar-refractivity contribution in [3.05, 3.63) is 0 Å². The molecule has 2 fully saturated rings. The van der Waals surface area contributed by atoms with Gasteiger partial charge in [-0.3, -0.25) is 4.79 Å². The van der Waals surface area contributed by atoms with Gasteiger partial charge in [0.2, 0.25) is 5.91 Å². The number of nitrogens with zero attached hydrogens (tertiary/aromatic N) is 1. The minimum Gasteiger partial charge on any atom is -0.395 e. The van der Waals surface area contributed by atoms with E-state index in [4.69, 9.17) is 5.11 Å². The Morgan fingerprint density at radius 2 is 2.21 bits per heavy atom. The van der Waals surface area contributed by atoms with Crippen LogP contribution in [0.1, 0.15) is 25.7 Å². The van der Waals surface area contributed by atoms with Gasteiger partial charge in [-0.2, -0.15) is 0 Å². The number of rotatable bonds is 4. The number of carbonyl (C=O) groups excluding carboxylic acids is 1. The van der Waals surface area contributed by atoms with Crippen molar-refractivity contribution in [3.8, 4) is 0 Å². The Hall–Kier alpha value is -0.610. The number of hydrogen-bond acceptors (Lipinski definition) is 3. The lowest BCUT2D eigenvalue weighted by Crippen LogP contribution is -2.45. The lowest BCUT2D eigenvalue weighted by molar-refractivity contribution is -0.134. The van der Waals surface area contributed by atoms with E-state index in [2.05, 4.69) is 5.32 Å². The number of amides is 1. The van der Waals surface area contributed by atoms with Gasteiger partial charge in [-0.25, -0.2) is 0 Å². The SMILES string of the molecule is O=C([C@H]1CCCN1)N(CCO)C1CC1. The summed E-state index contributed by atoms with van der Waals surface area (Å²) in [7, 11) is 0. The van der Waals surface area contributed by atoms with Gasteiger partial charge < -0.3 is 15.3 Å². The second-order valence-electron chi connectivity index (χ2n) is 4.14. The average Bonchev–Trinajstić information content (AvgIpc) is 2.88. The summed E-state index contributed by atoms with van der Waals surface area (Å²) in [5, 5.41) is 12.1. The van der Waals surface area contributed by atoms with E-state index in [1.54, 1.807) is 0 Å². The van der Waals surface area contributed by atoms with Gasteiger partial charge in [0, 0.05) is 12.6 Å². The third-order valence-electron chi connectivity index (χ3n) is 2.97.